The molecule has 184 valence electrons. The number of hydrogen-bond acceptors (Lipinski definition) is 7. The number of carbonyl (C=O) groups excluding carboxylic acids is 2. The van der Waals surface area contributed by atoms with Gasteiger partial charge in [-0.3, -0.25) is 14.9 Å². The maximum absolute atomic E-state index is 13.4. The monoisotopic (exact) mass is 521 g/mol. The topological polar surface area (TPSA) is 97.3 Å². The summed E-state index contributed by atoms with van der Waals surface area (Å²) in [6.07, 6.45) is 5.26. The molecule has 10 heteroatoms. The Morgan fingerprint density at radius 1 is 1.19 bits per heavy atom. The molecule has 2 saturated carbocycles. The molecule has 1 N–H and O–H groups in total. The summed E-state index contributed by atoms with van der Waals surface area (Å²) >= 11 is 7.45. The van der Waals surface area contributed by atoms with Crippen molar-refractivity contribution in [2.75, 3.05) is 26.5 Å². The van der Waals surface area contributed by atoms with Crippen LogP contribution >= 0.6 is 22.9 Å². The fourth-order valence-electron chi connectivity index (χ4n) is 4.11. The van der Waals surface area contributed by atoms with Crippen LogP contribution in [0.25, 0.3) is 11.1 Å². The van der Waals surface area contributed by atoms with E-state index >= 15 is 0 Å². The lowest BCUT2D eigenvalue weighted by Crippen LogP contribution is -2.33. The Morgan fingerprint density at radius 3 is 2.64 bits per heavy atom. The highest BCUT2D eigenvalue weighted by atomic mass is 35.5. The Hall–Kier alpha value is -3.48. The van der Waals surface area contributed by atoms with Gasteiger partial charge in [0.2, 0.25) is 11.0 Å². The van der Waals surface area contributed by atoms with Gasteiger partial charge in [-0.2, -0.15) is 0 Å². The molecule has 2 aromatic heterocycles. The van der Waals surface area contributed by atoms with Crippen LogP contribution < -0.4 is 10.1 Å². The van der Waals surface area contributed by atoms with Crippen LogP contribution in [0.4, 0.5) is 5.13 Å². The first-order valence-corrected chi connectivity index (χ1v) is 12.7. The van der Waals surface area contributed by atoms with Gasteiger partial charge in [0, 0.05) is 31.1 Å². The molecule has 2 heterocycles. The largest absolute Gasteiger partial charge is 0.494 e. The third kappa shape index (κ3) is 4.79. The highest BCUT2D eigenvalue weighted by molar-refractivity contribution is 7.15. The summed E-state index contributed by atoms with van der Waals surface area (Å²) in [5, 5.41) is 12.1. The fourth-order valence-corrected chi connectivity index (χ4v) is 4.87. The van der Waals surface area contributed by atoms with Gasteiger partial charge in [-0.1, -0.05) is 34.9 Å². The molecule has 3 aromatic rings. The molecule has 0 atom stereocenters. The van der Waals surface area contributed by atoms with Crippen LogP contribution in [-0.2, 0) is 10.2 Å². The number of halogens is 1. The number of pyridine rings is 1. The molecule has 8 nitrogen and oxygen atoms in total. The Morgan fingerprint density at radius 2 is 1.97 bits per heavy atom. The molecule has 0 radical (unpaired) electrons. The number of amides is 2. The van der Waals surface area contributed by atoms with E-state index in [-0.39, 0.29) is 17.0 Å². The van der Waals surface area contributed by atoms with Gasteiger partial charge >= 0.3 is 0 Å². The van der Waals surface area contributed by atoms with Gasteiger partial charge in [-0.05, 0) is 60.9 Å². The zero-order chi connectivity index (χ0) is 25.4. The Labute approximate surface area is 218 Å². The van der Waals surface area contributed by atoms with Crippen LogP contribution in [0.2, 0.25) is 5.15 Å². The number of likely N-dealkylation sites (N-methyl/N-ethyl adjacent to an activating group) is 1. The van der Waals surface area contributed by atoms with Gasteiger partial charge in [0.05, 0.1) is 18.7 Å². The van der Waals surface area contributed by atoms with E-state index in [0.29, 0.717) is 38.5 Å². The van der Waals surface area contributed by atoms with Crippen LogP contribution in [-0.4, -0.2) is 53.1 Å². The number of nitrogens with zero attached hydrogens (tertiary/aromatic N) is 4. The van der Waals surface area contributed by atoms with Crippen molar-refractivity contribution in [3.8, 4) is 28.7 Å². The molecule has 2 fully saturated rings. The SMILES string of the molecule is COc1cnc(Cl)cc1-c1cc(C2(C(=O)N(C)C)CC2)ccc1C(=O)Nc1nnc(C#CC2CC2)s1. The van der Waals surface area contributed by atoms with E-state index in [2.05, 4.69) is 32.3 Å². The predicted octanol–water partition coefficient (Wildman–Crippen LogP) is 4.40. The quantitative estimate of drug-likeness (QED) is 0.381. The molecule has 0 aliphatic heterocycles. The Kier molecular flexibility index (Phi) is 6.41. The average Bonchev–Trinajstić information content (AvgIpc) is 3.80. The lowest BCUT2D eigenvalue weighted by molar-refractivity contribution is -0.131. The van der Waals surface area contributed by atoms with Crippen LogP contribution in [0, 0.1) is 17.8 Å². The lowest BCUT2D eigenvalue weighted by Gasteiger charge is -2.22. The third-order valence-electron chi connectivity index (χ3n) is 6.33. The predicted molar refractivity (Wildman–Crippen MR) is 138 cm³/mol. The van der Waals surface area contributed by atoms with Gasteiger partial charge < -0.3 is 9.64 Å². The molecule has 0 unspecified atom stereocenters. The van der Waals surface area contributed by atoms with Crippen molar-refractivity contribution < 1.29 is 14.3 Å². The highest BCUT2D eigenvalue weighted by Crippen LogP contribution is 2.50. The first-order chi connectivity index (χ1) is 17.3. The number of ether oxygens (including phenoxy) is 1. The molecular formula is C26H24ClN5O3S. The van der Waals surface area contributed by atoms with Crippen molar-refractivity contribution in [2.24, 2.45) is 5.92 Å². The van der Waals surface area contributed by atoms with Gasteiger partial charge in [0.1, 0.15) is 10.9 Å². The highest BCUT2D eigenvalue weighted by Gasteiger charge is 2.52. The molecule has 0 saturated heterocycles. The molecule has 2 aliphatic rings. The van der Waals surface area contributed by atoms with E-state index in [4.69, 9.17) is 16.3 Å². The first-order valence-electron chi connectivity index (χ1n) is 11.5. The minimum atomic E-state index is -0.592. The number of aromatic nitrogens is 3. The minimum absolute atomic E-state index is 0.0408. The molecular weight excluding hydrogens is 498 g/mol. The number of rotatable bonds is 6. The second kappa shape index (κ2) is 9.52. The summed E-state index contributed by atoms with van der Waals surface area (Å²) in [4.78, 5) is 32.1. The standard InChI is InChI=1S/C26H24ClN5O3S/c1-32(2)24(34)26(10-11-26)16-7-8-17(18(12-16)19-13-21(27)28-14-20(19)35-3)23(33)29-25-31-30-22(36-25)9-6-15-4-5-15/h7-8,12-15H,4-5,10-11H2,1-3H3,(H,29,31,33). The number of benzene rings is 1. The molecule has 2 amide bonds. The maximum atomic E-state index is 13.4. The molecule has 1 aromatic carbocycles. The second-order valence-electron chi connectivity index (χ2n) is 9.16. The third-order valence-corrected chi connectivity index (χ3v) is 7.29. The van der Waals surface area contributed by atoms with E-state index < -0.39 is 5.41 Å². The van der Waals surface area contributed by atoms with Crippen molar-refractivity contribution in [1.82, 2.24) is 20.1 Å². The number of carbonyl (C=O) groups is 2. The zero-order valence-electron chi connectivity index (χ0n) is 20.1. The van der Waals surface area contributed by atoms with Crippen LogP contribution in [0.5, 0.6) is 5.75 Å². The number of hydrogen-bond donors (Lipinski definition) is 1. The zero-order valence-corrected chi connectivity index (χ0v) is 21.7. The van der Waals surface area contributed by atoms with Crippen molar-refractivity contribution >= 4 is 39.9 Å². The molecule has 2 aliphatic carbocycles. The maximum Gasteiger partial charge on any atom is 0.258 e. The van der Waals surface area contributed by atoms with Crippen molar-refractivity contribution in [2.45, 2.75) is 31.1 Å². The number of nitrogens with one attached hydrogen (secondary N) is 1. The fraction of sp³-hybridized carbons (Fsp3) is 0.346. The summed E-state index contributed by atoms with van der Waals surface area (Å²) in [5.74, 6) is 6.75. The van der Waals surface area contributed by atoms with Crippen LogP contribution in [0.15, 0.2) is 30.5 Å². The van der Waals surface area contributed by atoms with Crippen molar-refractivity contribution in [3.63, 3.8) is 0 Å². The van der Waals surface area contributed by atoms with Crippen molar-refractivity contribution in [3.05, 3.63) is 51.7 Å². The molecule has 0 spiro atoms. The molecule has 36 heavy (non-hydrogen) atoms. The summed E-state index contributed by atoms with van der Waals surface area (Å²) in [6.45, 7) is 0. The van der Waals surface area contributed by atoms with Gasteiger partial charge in [0.15, 0.2) is 5.01 Å². The summed E-state index contributed by atoms with van der Waals surface area (Å²) in [6, 6.07) is 7.10. The Bertz CT molecular complexity index is 1420. The van der Waals surface area contributed by atoms with E-state index in [1.54, 1.807) is 31.1 Å². The van der Waals surface area contributed by atoms with E-state index in [1.165, 1.54) is 24.6 Å². The van der Waals surface area contributed by atoms with Gasteiger partial charge in [0.25, 0.3) is 5.91 Å². The normalized spacial score (nSPS) is 15.4. The van der Waals surface area contributed by atoms with Crippen molar-refractivity contribution in [1.29, 1.82) is 0 Å². The van der Waals surface area contributed by atoms with Crippen LogP contribution in [0.1, 0.15) is 46.6 Å². The summed E-state index contributed by atoms with van der Waals surface area (Å²) in [5.41, 5.74) is 1.82. The molecule has 0 bridgehead atoms. The number of anilines is 1. The first kappa shape index (κ1) is 24.2. The van der Waals surface area contributed by atoms with Gasteiger partial charge in [-0.25, -0.2) is 4.98 Å². The number of methoxy groups -OCH3 is 1. The smallest absolute Gasteiger partial charge is 0.258 e. The van der Waals surface area contributed by atoms with Gasteiger partial charge in [-0.15, -0.1) is 10.2 Å². The second-order valence-corrected chi connectivity index (χ2v) is 10.5. The minimum Gasteiger partial charge on any atom is -0.494 e. The Balaban J connectivity index is 1.53. The van der Waals surface area contributed by atoms with E-state index in [9.17, 15) is 9.59 Å². The molecule has 5 rings (SSSR count). The van der Waals surface area contributed by atoms with E-state index in [0.717, 1.165) is 31.2 Å². The summed E-state index contributed by atoms with van der Waals surface area (Å²) in [7, 11) is 5.03. The van der Waals surface area contributed by atoms with E-state index in [1.807, 2.05) is 12.1 Å². The lowest BCUT2D eigenvalue weighted by atomic mass is 9.88. The average molecular weight is 522 g/mol. The summed E-state index contributed by atoms with van der Waals surface area (Å²) < 4.78 is 5.53. The van der Waals surface area contributed by atoms with Crippen LogP contribution in [0.3, 0.4) is 0 Å².